The van der Waals surface area contributed by atoms with Gasteiger partial charge in [0.05, 0.1) is 27.2 Å². The van der Waals surface area contributed by atoms with E-state index in [9.17, 15) is 0 Å². The number of pyridine rings is 4. The van der Waals surface area contributed by atoms with Gasteiger partial charge in [-0.25, -0.2) is 15.0 Å². The minimum absolute atomic E-state index is 0.508. The van der Waals surface area contributed by atoms with Crippen molar-refractivity contribution in [1.82, 2.24) is 9.97 Å². The lowest BCUT2D eigenvalue weighted by Crippen LogP contribution is -2.33. The first-order chi connectivity index (χ1) is 34.1. The Balaban J connectivity index is 0.765. The molecule has 69 heavy (non-hydrogen) atoms. The van der Waals surface area contributed by atoms with Crippen LogP contribution in [0.2, 0.25) is 0 Å². The fourth-order valence-electron chi connectivity index (χ4n) is 10.2. The summed E-state index contributed by atoms with van der Waals surface area (Å²) >= 11 is 0. The Bertz CT molecular complexity index is 3760. The average Bonchev–Trinajstić information content (AvgIpc) is 4.11. The first-order valence-electron chi connectivity index (χ1n) is 23.2. The predicted octanol–water partition coefficient (Wildman–Crippen LogP) is 9.15. The minimum Gasteiger partial charge on any atom is -0.337 e. The molecule has 11 aromatic rings. The highest BCUT2D eigenvalue weighted by atomic mass is 15.0. The van der Waals surface area contributed by atoms with Gasteiger partial charge in [0.25, 0.3) is 0 Å². The van der Waals surface area contributed by atoms with Crippen LogP contribution < -0.4 is 29.0 Å². The molecule has 2 aliphatic rings. The number of aromatic nitrogens is 6. The van der Waals surface area contributed by atoms with Gasteiger partial charge in [0.15, 0.2) is 55.4 Å². The van der Waals surface area contributed by atoms with Crippen LogP contribution in [0.3, 0.4) is 0 Å². The third-order valence-electron chi connectivity index (χ3n) is 13.6. The maximum absolute atomic E-state index is 4.75. The van der Waals surface area contributed by atoms with Crippen molar-refractivity contribution < 1.29 is 18.3 Å². The molecule has 0 spiro atoms. The van der Waals surface area contributed by atoms with Crippen molar-refractivity contribution in [3.05, 3.63) is 288 Å². The van der Waals surface area contributed by atoms with E-state index in [4.69, 9.17) is 4.98 Å². The molecule has 1 aliphatic carbocycles. The molecule has 0 unspecified atom stereocenters. The summed E-state index contributed by atoms with van der Waals surface area (Å²) in [5.41, 5.74) is 15.9. The molecular formula is C61H44N8+4. The number of fused-ring (bicyclic) bond motifs is 5. The van der Waals surface area contributed by atoms with Crippen molar-refractivity contribution in [1.29, 1.82) is 0 Å². The molecule has 324 valence electrons. The van der Waals surface area contributed by atoms with Gasteiger partial charge in [0, 0.05) is 72.8 Å². The molecule has 0 saturated carbocycles. The van der Waals surface area contributed by atoms with Gasteiger partial charge in [-0.1, -0.05) is 97.1 Å². The monoisotopic (exact) mass is 888 g/mol. The molecule has 13 rings (SSSR count). The molecule has 8 nitrogen and oxygen atoms in total. The summed E-state index contributed by atoms with van der Waals surface area (Å²) < 4.78 is 8.51. The molecule has 6 heterocycles. The SMILES string of the molecule is C(=C1N=c2ccccc2=N1)[n+]1ccc(-c2cc[n+](-c3ccc(C4(c5ccc(-[n+]6ccc(-c7cc[n+](Cc8nc9ccccc9[nH]8)cc7)cc6)cc5)c5ccccc5-c5ccccc54)cc3)cc2)cc1. The third kappa shape index (κ3) is 7.14. The summed E-state index contributed by atoms with van der Waals surface area (Å²) in [6.45, 7) is 0.680. The smallest absolute Gasteiger partial charge is 0.219 e. The van der Waals surface area contributed by atoms with Crippen molar-refractivity contribution in [3.63, 3.8) is 0 Å². The summed E-state index contributed by atoms with van der Waals surface area (Å²) in [4.78, 5) is 17.5. The van der Waals surface area contributed by atoms with Crippen molar-refractivity contribution in [3.8, 4) is 44.8 Å². The Morgan fingerprint density at radius 3 is 1.41 bits per heavy atom. The lowest BCUT2D eigenvalue weighted by atomic mass is 9.67. The maximum atomic E-state index is 4.75. The summed E-state index contributed by atoms with van der Waals surface area (Å²) in [5, 5.41) is 1.81. The summed E-state index contributed by atoms with van der Waals surface area (Å²) in [6.07, 6.45) is 18.8. The molecule has 0 bridgehead atoms. The van der Waals surface area contributed by atoms with Crippen LogP contribution >= 0.6 is 0 Å². The molecule has 0 atom stereocenters. The lowest BCUT2D eigenvalue weighted by Gasteiger charge is -2.33. The Morgan fingerprint density at radius 1 is 0.435 bits per heavy atom. The second kappa shape index (κ2) is 16.6. The fourth-order valence-corrected chi connectivity index (χ4v) is 10.2. The van der Waals surface area contributed by atoms with E-state index in [0.717, 1.165) is 61.2 Å². The quantitative estimate of drug-likeness (QED) is 0.145. The van der Waals surface area contributed by atoms with Crippen molar-refractivity contribution >= 4 is 17.2 Å². The highest BCUT2D eigenvalue weighted by Crippen LogP contribution is 2.56. The zero-order valence-electron chi connectivity index (χ0n) is 37.5. The Labute approximate surface area is 398 Å². The molecule has 1 aliphatic heterocycles. The van der Waals surface area contributed by atoms with Gasteiger partial charge in [-0.15, -0.1) is 0 Å². The van der Waals surface area contributed by atoms with Gasteiger partial charge in [-0.05, 0) is 79.9 Å². The second-order valence-corrected chi connectivity index (χ2v) is 17.6. The Morgan fingerprint density at radius 2 is 0.884 bits per heavy atom. The number of nitrogens with one attached hydrogen (secondary N) is 1. The molecule has 6 aromatic carbocycles. The predicted molar refractivity (Wildman–Crippen MR) is 266 cm³/mol. The number of benzene rings is 6. The molecule has 0 amide bonds. The fraction of sp³-hybridized carbons (Fsp3) is 0.0328. The van der Waals surface area contributed by atoms with E-state index in [1.807, 2.05) is 65.6 Å². The zero-order valence-corrected chi connectivity index (χ0v) is 37.5. The summed E-state index contributed by atoms with van der Waals surface area (Å²) in [6, 6.07) is 69.4. The van der Waals surface area contributed by atoms with Crippen molar-refractivity contribution in [2.75, 3.05) is 0 Å². The molecular weight excluding hydrogens is 845 g/mol. The van der Waals surface area contributed by atoms with Crippen molar-refractivity contribution in [2.45, 2.75) is 12.0 Å². The molecule has 8 heteroatoms. The van der Waals surface area contributed by atoms with Crippen molar-refractivity contribution in [2.24, 2.45) is 9.98 Å². The largest absolute Gasteiger partial charge is 0.337 e. The lowest BCUT2D eigenvalue weighted by molar-refractivity contribution is -0.689. The summed E-state index contributed by atoms with van der Waals surface area (Å²) in [5.74, 6) is 1.63. The van der Waals surface area contributed by atoms with E-state index in [1.54, 1.807) is 0 Å². The van der Waals surface area contributed by atoms with Crippen LogP contribution in [0, 0.1) is 0 Å². The number of aromatic amines is 1. The number of H-pyrrole nitrogens is 1. The van der Waals surface area contributed by atoms with E-state index < -0.39 is 5.41 Å². The molecule has 5 aromatic heterocycles. The van der Waals surface area contributed by atoms with Gasteiger partial charge < -0.3 is 4.98 Å². The maximum Gasteiger partial charge on any atom is 0.219 e. The van der Waals surface area contributed by atoms with Gasteiger partial charge in [-0.2, -0.15) is 18.3 Å². The van der Waals surface area contributed by atoms with Gasteiger partial charge in [0.2, 0.25) is 29.9 Å². The first kappa shape index (κ1) is 40.0. The van der Waals surface area contributed by atoms with Gasteiger partial charge >= 0.3 is 0 Å². The van der Waals surface area contributed by atoms with Crippen LogP contribution in [0.25, 0.3) is 62.0 Å². The standard InChI is InChI=1S/C61H43N8/c1-3-11-53-51(9-1)52-10-2-4-12-54(52)61(53,47-17-21-49(22-18-47)68-37-29-45(30-38-68)43-25-33-66(34-26-43)41-59-62-55-13-5-6-14-56(55)63-59)48-19-23-50(24-20-48)69-39-31-46(32-40-69)44-27-35-67(36-28-44)42-60-64-57-15-7-8-16-58(57)65-60/h1-41H,42H2/q+3/p+1. The van der Waals surface area contributed by atoms with Gasteiger partial charge in [-0.3, -0.25) is 0 Å². The van der Waals surface area contributed by atoms with E-state index >= 15 is 0 Å². The third-order valence-corrected chi connectivity index (χ3v) is 13.6. The average molecular weight is 889 g/mol. The van der Waals surface area contributed by atoms with Gasteiger partial charge in [0.1, 0.15) is 0 Å². The number of imidazole rings is 1. The normalized spacial score (nSPS) is 13.0. The second-order valence-electron chi connectivity index (χ2n) is 17.6. The van der Waals surface area contributed by atoms with Crippen LogP contribution in [0.15, 0.2) is 260 Å². The number of para-hydroxylation sites is 4. The zero-order chi connectivity index (χ0) is 45.7. The van der Waals surface area contributed by atoms with Crippen LogP contribution in [-0.2, 0) is 12.0 Å². The van der Waals surface area contributed by atoms with E-state index in [0.29, 0.717) is 12.4 Å². The number of hydrogen-bond acceptors (Lipinski definition) is 3. The number of hydrogen-bond donors (Lipinski definition) is 1. The first-order valence-corrected chi connectivity index (χ1v) is 23.2. The van der Waals surface area contributed by atoms with E-state index in [-0.39, 0.29) is 0 Å². The number of nitrogens with zero attached hydrogens (tertiary/aromatic N) is 7. The molecule has 1 N–H and O–H groups in total. The highest BCUT2D eigenvalue weighted by molar-refractivity contribution is 5.86. The van der Waals surface area contributed by atoms with E-state index in [1.165, 1.54) is 33.4 Å². The summed E-state index contributed by atoms with van der Waals surface area (Å²) in [7, 11) is 0. The van der Waals surface area contributed by atoms with Crippen LogP contribution in [-0.4, -0.2) is 9.97 Å². The minimum atomic E-state index is -0.508. The molecule has 0 fully saturated rings. The Kier molecular flexibility index (Phi) is 9.61. The number of rotatable bonds is 9. The molecule has 0 saturated heterocycles. The molecule has 0 radical (unpaired) electrons. The Hall–Kier alpha value is -9.27. The topological polar surface area (TPSA) is 68.9 Å². The van der Waals surface area contributed by atoms with Crippen LogP contribution in [0.4, 0.5) is 0 Å². The van der Waals surface area contributed by atoms with E-state index in [2.05, 4.69) is 218 Å². The van der Waals surface area contributed by atoms with Crippen LogP contribution in [0.5, 0.6) is 0 Å². The van der Waals surface area contributed by atoms with Crippen LogP contribution in [0.1, 0.15) is 28.1 Å². The highest BCUT2D eigenvalue weighted by Gasteiger charge is 2.46.